The van der Waals surface area contributed by atoms with Crippen LogP contribution in [-0.4, -0.2) is 21.8 Å². The lowest BCUT2D eigenvalue weighted by molar-refractivity contribution is -0.142. The normalized spacial score (nSPS) is 44.9. The molecule has 92 valence electrons. The quantitative estimate of drug-likeness (QED) is 0.777. The van der Waals surface area contributed by atoms with Crippen LogP contribution in [0.1, 0.15) is 52.9 Å². The van der Waals surface area contributed by atoms with Crippen molar-refractivity contribution >= 4 is 5.97 Å². The van der Waals surface area contributed by atoms with Crippen LogP contribution in [0.15, 0.2) is 0 Å². The van der Waals surface area contributed by atoms with Gasteiger partial charge in [0, 0.05) is 11.8 Å². The average Bonchev–Trinajstić information content (AvgIpc) is 2.47. The van der Waals surface area contributed by atoms with Crippen LogP contribution < -0.4 is 0 Å². The lowest BCUT2D eigenvalue weighted by atomic mass is 9.63. The molecule has 16 heavy (non-hydrogen) atoms. The molecule has 0 aromatic carbocycles. The molecular weight excluding hydrogens is 204 g/mol. The van der Waals surface area contributed by atoms with E-state index in [2.05, 4.69) is 20.8 Å². The van der Waals surface area contributed by atoms with E-state index in [9.17, 15) is 9.90 Å². The summed E-state index contributed by atoms with van der Waals surface area (Å²) in [7, 11) is 0. The topological polar surface area (TPSA) is 57.5 Å². The molecule has 3 atom stereocenters. The van der Waals surface area contributed by atoms with Gasteiger partial charge in [-0.25, -0.2) is 0 Å². The molecule has 2 saturated carbocycles. The van der Waals surface area contributed by atoms with Gasteiger partial charge in [0.15, 0.2) is 0 Å². The van der Waals surface area contributed by atoms with Crippen molar-refractivity contribution in [3.8, 4) is 0 Å². The highest BCUT2D eigenvalue weighted by Gasteiger charge is 2.67. The molecule has 0 radical (unpaired) electrons. The van der Waals surface area contributed by atoms with Crippen LogP contribution >= 0.6 is 0 Å². The number of fused-ring (bicyclic) bond motifs is 2. The van der Waals surface area contributed by atoms with Crippen LogP contribution in [0.25, 0.3) is 0 Å². The third-order valence-corrected chi connectivity index (χ3v) is 5.80. The average molecular weight is 226 g/mol. The predicted octanol–water partition coefficient (Wildman–Crippen LogP) is 2.43. The SMILES string of the molecule is CC1(C)C2CCC1(C)C(O)(CCC(=O)O)C2. The molecule has 0 aromatic rings. The highest BCUT2D eigenvalue weighted by Crippen LogP contribution is 2.70. The molecule has 2 fully saturated rings. The second kappa shape index (κ2) is 3.22. The Balaban J connectivity index is 2.22. The Labute approximate surface area is 96.9 Å². The maximum Gasteiger partial charge on any atom is 0.303 e. The molecule has 2 aliphatic rings. The Bertz CT molecular complexity index is 323. The minimum absolute atomic E-state index is 0.0783. The van der Waals surface area contributed by atoms with Gasteiger partial charge in [0.2, 0.25) is 0 Å². The van der Waals surface area contributed by atoms with Crippen molar-refractivity contribution < 1.29 is 15.0 Å². The zero-order valence-corrected chi connectivity index (χ0v) is 10.4. The molecule has 3 nitrogen and oxygen atoms in total. The van der Waals surface area contributed by atoms with Gasteiger partial charge in [-0.15, -0.1) is 0 Å². The molecule has 0 saturated heterocycles. The number of aliphatic carboxylic acids is 1. The van der Waals surface area contributed by atoms with Crippen LogP contribution in [0.3, 0.4) is 0 Å². The van der Waals surface area contributed by atoms with Crippen LogP contribution in [0, 0.1) is 16.7 Å². The molecule has 3 heteroatoms. The summed E-state index contributed by atoms with van der Waals surface area (Å²) in [6.07, 6.45) is 3.47. The van der Waals surface area contributed by atoms with Gasteiger partial charge >= 0.3 is 5.97 Å². The maximum atomic E-state index is 10.8. The van der Waals surface area contributed by atoms with Crippen molar-refractivity contribution in [3.05, 3.63) is 0 Å². The van der Waals surface area contributed by atoms with Gasteiger partial charge in [-0.1, -0.05) is 20.8 Å². The first kappa shape index (κ1) is 11.9. The molecule has 2 rings (SSSR count). The molecule has 0 spiro atoms. The van der Waals surface area contributed by atoms with Crippen molar-refractivity contribution in [1.82, 2.24) is 0 Å². The van der Waals surface area contributed by atoms with E-state index < -0.39 is 11.6 Å². The first-order valence-electron chi connectivity index (χ1n) is 6.17. The van der Waals surface area contributed by atoms with Crippen molar-refractivity contribution in [3.63, 3.8) is 0 Å². The Kier molecular flexibility index (Phi) is 2.40. The number of carboxylic acid groups (broad SMARTS) is 1. The molecular formula is C13H22O3. The Morgan fingerprint density at radius 1 is 1.38 bits per heavy atom. The van der Waals surface area contributed by atoms with E-state index >= 15 is 0 Å². The third kappa shape index (κ3) is 1.27. The van der Waals surface area contributed by atoms with Gasteiger partial charge in [0.1, 0.15) is 0 Å². The third-order valence-electron chi connectivity index (χ3n) is 5.80. The van der Waals surface area contributed by atoms with Gasteiger partial charge in [0.25, 0.3) is 0 Å². The van der Waals surface area contributed by atoms with E-state index in [1.807, 2.05) is 0 Å². The molecule has 0 aromatic heterocycles. The summed E-state index contributed by atoms with van der Waals surface area (Å²) < 4.78 is 0. The number of carboxylic acids is 1. The lowest BCUT2D eigenvalue weighted by Crippen LogP contribution is -2.47. The summed E-state index contributed by atoms with van der Waals surface area (Å²) in [5.41, 5.74) is -0.738. The lowest BCUT2D eigenvalue weighted by Gasteiger charge is -2.45. The van der Waals surface area contributed by atoms with Crippen LogP contribution in [-0.2, 0) is 4.79 Å². The van der Waals surface area contributed by atoms with E-state index in [4.69, 9.17) is 5.11 Å². The number of carbonyl (C=O) groups is 1. The molecule has 0 aliphatic heterocycles. The molecule has 0 heterocycles. The molecule has 3 unspecified atom stereocenters. The molecule has 0 amide bonds. The second-order valence-corrected chi connectivity index (χ2v) is 6.42. The van der Waals surface area contributed by atoms with E-state index in [-0.39, 0.29) is 17.3 Å². The largest absolute Gasteiger partial charge is 0.481 e. The van der Waals surface area contributed by atoms with E-state index in [0.29, 0.717) is 12.3 Å². The Morgan fingerprint density at radius 2 is 2.00 bits per heavy atom. The highest BCUT2D eigenvalue weighted by atomic mass is 16.4. The predicted molar refractivity (Wildman–Crippen MR) is 61.0 cm³/mol. The summed E-state index contributed by atoms with van der Waals surface area (Å²) in [6, 6.07) is 0. The first-order chi connectivity index (χ1) is 7.23. The van der Waals surface area contributed by atoms with E-state index in [1.54, 1.807) is 0 Å². The van der Waals surface area contributed by atoms with Crippen molar-refractivity contribution in [2.24, 2.45) is 16.7 Å². The van der Waals surface area contributed by atoms with Gasteiger partial charge in [-0.05, 0) is 37.0 Å². The van der Waals surface area contributed by atoms with Crippen LogP contribution in [0.2, 0.25) is 0 Å². The smallest absolute Gasteiger partial charge is 0.303 e. The number of hydrogen-bond donors (Lipinski definition) is 2. The fraction of sp³-hybridized carbons (Fsp3) is 0.923. The fourth-order valence-electron chi connectivity index (χ4n) is 4.11. The Morgan fingerprint density at radius 3 is 2.38 bits per heavy atom. The van der Waals surface area contributed by atoms with Crippen molar-refractivity contribution in [2.75, 3.05) is 0 Å². The highest BCUT2D eigenvalue weighted by molar-refractivity contribution is 5.66. The van der Waals surface area contributed by atoms with Gasteiger partial charge in [0.05, 0.1) is 5.60 Å². The minimum atomic E-state index is -0.808. The number of hydrogen-bond acceptors (Lipinski definition) is 2. The molecule has 2 aliphatic carbocycles. The fourth-order valence-corrected chi connectivity index (χ4v) is 4.11. The minimum Gasteiger partial charge on any atom is -0.481 e. The monoisotopic (exact) mass is 226 g/mol. The summed E-state index contributed by atoms with van der Waals surface area (Å²) in [6.45, 7) is 6.59. The van der Waals surface area contributed by atoms with Crippen molar-refractivity contribution in [1.29, 1.82) is 0 Å². The molecule has 2 N–H and O–H groups in total. The molecule has 2 bridgehead atoms. The Hall–Kier alpha value is -0.570. The first-order valence-corrected chi connectivity index (χ1v) is 6.17. The number of rotatable bonds is 3. The summed E-state index contributed by atoms with van der Waals surface area (Å²) in [5.74, 6) is -0.256. The van der Waals surface area contributed by atoms with Gasteiger partial charge in [-0.2, -0.15) is 0 Å². The van der Waals surface area contributed by atoms with Crippen LogP contribution in [0.4, 0.5) is 0 Å². The second-order valence-electron chi connectivity index (χ2n) is 6.42. The zero-order chi connectivity index (χ0) is 12.2. The summed E-state index contributed by atoms with van der Waals surface area (Å²) in [4.78, 5) is 10.7. The van der Waals surface area contributed by atoms with Gasteiger partial charge < -0.3 is 10.2 Å². The van der Waals surface area contributed by atoms with E-state index in [0.717, 1.165) is 12.8 Å². The van der Waals surface area contributed by atoms with Crippen molar-refractivity contribution in [2.45, 2.75) is 58.5 Å². The standard InChI is InChI=1S/C13H22O3/c1-11(2)9-4-6-12(11,3)13(16,8-9)7-5-10(14)15/h9,16H,4-8H2,1-3H3,(H,14,15). The van der Waals surface area contributed by atoms with Crippen LogP contribution in [0.5, 0.6) is 0 Å². The zero-order valence-electron chi connectivity index (χ0n) is 10.4. The number of aliphatic hydroxyl groups is 1. The van der Waals surface area contributed by atoms with E-state index in [1.165, 1.54) is 6.42 Å². The summed E-state index contributed by atoms with van der Waals surface area (Å²) >= 11 is 0. The van der Waals surface area contributed by atoms with Gasteiger partial charge in [-0.3, -0.25) is 4.79 Å². The summed E-state index contributed by atoms with van der Waals surface area (Å²) in [5, 5.41) is 19.5. The maximum absolute atomic E-state index is 10.8.